The van der Waals surface area contributed by atoms with Crippen LogP contribution in [0.2, 0.25) is 0 Å². The van der Waals surface area contributed by atoms with Gasteiger partial charge in [0.2, 0.25) is 5.91 Å². The first-order valence-corrected chi connectivity index (χ1v) is 6.61. The molecule has 1 amide bonds. The largest absolute Gasteiger partial charge is 0.353 e. The van der Waals surface area contributed by atoms with Crippen LogP contribution in [-0.2, 0) is 4.79 Å². The lowest BCUT2D eigenvalue weighted by atomic mass is 9.93. The summed E-state index contributed by atoms with van der Waals surface area (Å²) in [5.41, 5.74) is 0. The Balaban J connectivity index is 2.44. The highest BCUT2D eigenvalue weighted by molar-refractivity contribution is 5.79. The third-order valence-electron chi connectivity index (χ3n) is 3.98. The van der Waals surface area contributed by atoms with Crippen molar-refractivity contribution in [2.75, 3.05) is 13.1 Å². The molecule has 0 saturated carbocycles. The molecule has 2 N–H and O–H groups in total. The predicted octanol–water partition coefficient (Wildman–Crippen LogP) is 1.78. The van der Waals surface area contributed by atoms with Gasteiger partial charge >= 0.3 is 0 Å². The van der Waals surface area contributed by atoms with Crippen LogP contribution in [-0.4, -0.2) is 25.0 Å². The van der Waals surface area contributed by atoms with E-state index in [-0.39, 0.29) is 11.8 Å². The molecule has 1 aliphatic rings. The van der Waals surface area contributed by atoms with E-state index in [9.17, 15) is 4.79 Å². The molecule has 1 saturated heterocycles. The van der Waals surface area contributed by atoms with Crippen LogP contribution >= 0.6 is 0 Å². The number of amides is 1. The van der Waals surface area contributed by atoms with E-state index in [1.54, 1.807) is 0 Å². The molecule has 0 radical (unpaired) electrons. The Hall–Kier alpha value is -0.570. The number of nitrogens with one attached hydrogen (secondary N) is 2. The Morgan fingerprint density at radius 1 is 1.38 bits per heavy atom. The lowest BCUT2D eigenvalue weighted by Gasteiger charge is -2.25. The minimum absolute atomic E-state index is 0.164. The molecule has 1 aliphatic heterocycles. The minimum atomic E-state index is 0.164. The summed E-state index contributed by atoms with van der Waals surface area (Å²) >= 11 is 0. The van der Waals surface area contributed by atoms with Crippen molar-refractivity contribution in [2.24, 2.45) is 17.8 Å². The molecule has 3 nitrogen and oxygen atoms in total. The first-order chi connectivity index (χ1) is 7.60. The van der Waals surface area contributed by atoms with E-state index >= 15 is 0 Å². The van der Waals surface area contributed by atoms with E-state index in [4.69, 9.17) is 0 Å². The van der Waals surface area contributed by atoms with Crippen molar-refractivity contribution in [1.82, 2.24) is 10.6 Å². The Labute approximate surface area is 99.4 Å². The zero-order chi connectivity index (χ0) is 12.1. The molecule has 0 aliphatic carbocycles. The standard InChI is InChI=1S/C13H26N2O/c1-5-11(6-2)10(4)15-13(16)12-8-14-7-9(12)3/h9-12,14H,5-8H2,1-4H3,(H,15,16). The van der Waals surface area contributed by atoms with Crippen LogP contribution < -0.4 is 10.6 Å². The normalized spacial score (nSPS) is 27.1. The van der Waals surface area contributed by atoms with E-state index < -0.39 is 0 Å². The maximum absolute atomic E-state index is 12.1. The van der Waals surface area contributed by atoms with Crippen LogP contribution in [0, 0.1) is 17.8 Å². The average Bonchev–Trinajstić information content (AvgIpc) is 2.66. The van der Waals surface area contributed by atoms with Gasteiger partial charge in [-0.2, -0.15) is 0 Å². The summed E-state index contributed by atoms with van der Waals surface area (Å²) in [5, 5.41) is 6.45. The third-order valence-corrected chi connectivity index (χ3v) is 3.98. The second kappa shape index (κ2) is 6.24. The second-order valence-corrected chi connectivity index (χ2v) is 5.12. The molecular formula is C13H26N2O. The summed E-state index contributed by atoms with van der Waals surface area (Å²) in [4.78, 5) is 12.1. The summed E-state index contributed by atoms with van der Waals surface area (Å²) in [6, 6.07) is 0.301. The van der Waals surface area contributed by atoms with Crippen LogP contribution in [0.15, 0.2) is 0 Å². The molecule has 1 rings (SSSR count). The van der Waals surface area contributed by atoms with Gasteiger partial charge in [-0.25, -0.2) is 0 Å². The molecule has 0 aromatic heterocycles. The molecule has 0 aromatic rings. The zero-order valence-corrected chi connectivity index (χ0v) is 11.0. The molecule has 0 spiro atoms. The fraction of sp³-hybridized carbons (Fsp3) is 0.923. The van der Waals surface area contributed by atoms with Crippen LogP contribution in [0.25, 0.3) is 0 Å². The van der Waals surface area contributed by atoms with Crippen molar-refractivity contribution < 1.29 is 4.79 Å². The summed E-state index contributed by atoms with van der Waals surface area (Å²) in [6.45, 7) is 10.5. The fourth-order valence-electron chi connectivity index (χ4n) is 2.61. The second-order valence-electron chi connectivity index (χ2n) is 5.12. The van der Waals surface area contributed by atoms with Crippen molar-refractivity contribution in [3.05, 3.63) is 0 Å². The number of hydrogen-bond donors (Lipinski definition) is 2. The highest BCUT2D eigenvalue weighted by Gasteiger charge is 2.30. The smallest absolute Gasteiger partial charge is 0.224 e. The van der Waals surface area contributed by atoms with Crippen molar-refractivity contribution in [3.63, 3.8) is 0 Å². The Morgan fingerprint density at radius 3 is 2.44 bits per heavy atom. The van der Waals surface area contributed by atoms with Crippen LogP contribution in [0.3, 0.4) is 0 Å². The van der Waals surface area contributed by atoms with Crippen LogP contribution in [0.5, 0.6) is 0 Å². The van der Waals surface area contributed by atoms with Gasteiger partial charge in [0.25, 0.3) is 0 Å². The highest BCUT2D eigenvalue weighted by atomic mass is 16.2. The molecular weight excluding hydrogens is 200 g/mol. The molecule has 3 atom stereocenters. The van der Waals surface area contributed by atoms with Crippen molar-refractivity contribution in [1.29, 1.82) is 0 Å². The lowest BCUT2D eigenvalue weighted by Crippen LogP contribution is -2.42. The summed E-state index contributed by atoms with van der Waals surface area (Å²) < 4.78 is 0. The van der Waals surface area contributed by atoms with Gasteiger partial charge in [-0.3, -0.25) is 4.79 Å². The zero-order valence-electron chi connectivity index (χ0n) is 11.0. The Bertz CT molecular complexity index is 226. The molecule has 1 fully saturated rings. The number of rotatable bonds is 5. The van der Waals surface area contributed by atoms with Gasteiger partial charge in [0.05, 0.1) is 5.92 Å². The first-order valence-electron chi connectivity index (χ1n) is 6.61. The van der Waals surface area contributed by atoms with Gasteiger partial charge in [-0.15, -0.1) is 0 Å². The van der Waals surface area contributed by atoms with Gasteiger partial charge in [-0.05, 0) is 25.3 Å². The van der Waals surface area contributed by atoms with Gasteiger partial charge in [0.1, 0.15) is 0 Å². The minimum Gasteiger partial charge on any atom is -0.353 e. The SMILES string of the molecule is CCC(CC)C(C)NC(=O)C1CNCC1C. The van der Waals surface area contributed by atoms with Gasteiger partial charge in [-0.1, -0.05) is 33.6 Å². The number of carbonyl (C=O) groups excluding carboxylic acids is 1. The van der Waals surface area contributed by atoms with Crippen molar-refractivity contribution >= 4 is 5.91 Å². The van der Waals surface area contributed by atoms with E-state index in [1.165, 1.54) is 0 Å². The Morgan fingerprint density at radius 2 is 2.00 bits per heavy atom. The molecule has 0 aromatic carbocycles. The quantitative estimate of drug-likeness (QED) is 0.750. The molecule has 3 heteroatoms. The summed E-state index contributed by atoms with van der Waals surface area (Å²) in [5.74, 6) is 1.47. The van der Waals surface area contributed by atoms with Gasteiger partial charge in [0.15, 0.2) is 0 Å². The predicted molar refractivity (Wildman–Crippen MR) is 67.2 cm³/mol. The van der Waals surface area contributed by atoms with Crippen LogP contribution in [0.4, 0.5) is 0 Å². The number of carbonyl (C=O) groups is 1. The van der Waals surface area contributed by atoms with Crippen LogP contribution in [0.1, 0.15) is 40.5 Å². The molecule has 16 heavy (non-hydrogen) atoms. The summed E-state index contributed by atoms with van der Waals surface area (Å²) in [7, 11) is 0. The maximum Gasteiger partial charge on any atom is 0.224 e. The lowest BCUT2D eigenvalue weighted by molar-refractivity contribution is -0.126. The Kier molecular flexibility index (Phi) is 5.26. The van der Waals surface area contributed by atoms with Gasteiger partial charge < -0.3 is 10.6 Å². The maximum atomic E-state index is 12.1. The topological polar surface area (TPSA) is 41.1 Å². The van der Waals surface area contributed by atoms with E-state index in [0.29, 0.717) is 17.9 Å². The van der Waals surface area contributed by atoms with E-state index in [0.717, 1.165) is 25.9 Å². The van der Waals surface area contributed by atoms with E-state index in [1.807, 2.05) is 0 Å². The molecule has 3 unspecified atom stereocenters. The fourth-order valence-corrected chi connectivity index (χ4v) is 2.61. The number of hydrogen-bond acceptors (Lipinski definition) is 2. The summed E-state index contributed by atoms with van der Waals surface area (Å²) in [6.07, 6.45) is 2.27. The third kappa shape index (κ3) is 3.21. The average molecular weight is 226 g/mol. The van der Waals surface area contributed by atoms with E-state index in [2.05, 4.69) is 38.3 Å². The van der Waals surface area contributed by atoms with Crippen molar-refractivity contribution in [3.8, 4) is 0 Å². The highest BCUT2D eigenvalue weighted by Crippen LogP contribution is 2.18. The molecule has 1 heterocycles. The molecule has 94 valence electrons. The molecule has 0 bridgehead atoms. The van der Waals surface area contributed by atoms with Gasteiger partial charge in [0, 0.05) is 12.6 Å². The van der Waals surface area contributed by atoms with Crippen molar-refractivity contribution in [2.45, 2.75) is 46.6 Å². The monoisotopic (exact) mass is 226 g/mol. The first kappa shape index (κ1) is 13.5.